The van der Waals surface area contributed by atoms with Gasteiger partial charge in [0.2, 0.25) is 5.91 Å². The first-order valence-corrected chi connectivity index (χ1v) is 12.7. The van der Waals surface area contributed by atoms with Crippen LogP contribution in [0.3, 0.4) is 0 Å². The number of rotatable bonds is 8. The van der Waals surface area contributed by atoms with Crippen molar-refractivity contribution in [3.63, 3.8) is 0 Å². The van der Waals surface area contributed by atoms with Gasteiger partial charge in [0, 0.05) is 48.6 Å². The molecule has 5 nitrogen and oxygen atoms in total. The van der Waals surface area contributed by atoms with E-state index in [1.807, 2.05) is 6.07 Å². The van der Waals surface area contributed by atoms with Crippen LogP contribution in [0.2, 0.25) is 0 Å². The number of benzene rings is 2. The van der Waals surface area contributed by atoms with Gasteiger partial charge in [-0.05, 0) is 29.3 Å². The molecule has 0 spiro atoms. The molecule has 0 aliphatic carbocycles. The molecule has 0 radical (unpaired) electrons. The van der Waals surface area contributed by atoms with E-state index < -0.39 is 0 Å². The summed E-state index contributed by atoms with van der Waals surface area (Å²) in [5.74, 6) is 0.00398. The second kappa shape index (κ2) is 10.4. The van der Waals surface area contributed by atoms with Gasteiger partial charge in [-0.25, -0.2) is 0 Å². The predicted octanol–water partition coefficient (Wildman–Crippen LogP) is 5.34. The molecular formula is C31H39N3O2. The maximum absolute atomic E-state index is 12.7. The van der Waals surface area contributed by atoms with E-state index in [1.165, 1.54) is 22.5 Å². The number of hydrogen-bond acceptors (Lipinski definition) is 4. The molecule has 0 bridgehead atoms. The zero-order valence-corrected chi connectivity index (χ0v) is 22.4. The second-order valence-corrected chi connectivity index (χ2v) is 10.7. The van der Waals surface area contributed by atoms with E-state index in [4.69, 9.17) is 4.74 Å². The standard InChI is InChI=1S/C31H39N3O2/c1-30(2)23-14-10-12-16-25(23)33(5)27(30)18-8-7-9-19-28-31(3,4)24-15-11-13-17-26(24)34(28)22-29(35)32-20-21-36-6/h7-19,28H,20-22H2,1-6H3,(H,32,35)/b8-7+,19-9+,27-18+. The summed E-state index contributed by atoms with van der Waals surface area (Å²) in [6.45, 7) is 10.4. The molecule has 190 valence electrons. The molecule has 2 aromatic rings. The van der Waals surface area contributed by atoms with E-state index in [0.29, 0.717) is 19.7 Å². The first-order valence-electron chi connectivity index (χ1n) is 12.7. The smallest absolute Gasteiger partial charge is 0.239 e. The van der Waals surface area contributed by atoms with Gasteiger partial charge >= 0.3 is 0 Å². The summed E-state index contributed by atoms with van der Waals surface area (Å²) in [5.41, 5.74) is 6.12. The SMILES string of the molecule is COCCNC(=O)CN1c2ccccc2C(C)(C)C1/C=C/C=C/C=C1/N(C)c2ccccc2C1(C)C. The van der Waals surface area contributed by atoms with Crippen LogP contribution in [-0.4, -0.2) is 45.8 Å². The second-order valence-electron chi connectivity index (χ2n) is 10.7. The van der Waals surface area contributed by atoms with Crippen LogP contribution in [-0.2, 0) is 20.4 Å². The fourth-order valence-corrected chi connectivity index (χ4v) is 5.68. The summed E-state index contributed by atoms with van der Waals surface area (Å²) in [4.78, 5) is 17.2. The first kappa shape index (κ1) is 25.8. The Kier molecular flexibility index (Phi) is 7.41. The van der Waals surface area contributed by atoms with Gasteiger partial charge in [-0.1, -0.05) is 88.4 Å². The molecule has 1 amide bonds. The van der Waals surface area contributed by atoms with Crippen molar-refractivity contribution in [1.82, 2.24) is 5.32 Å². The largest absolute Gasteiger partial charge is 0.383 e. The average molecular weight is 486 g/mol. The third-order valence-corrected chi connectivity index (χ3v) is 7.64. The normalized spacial score (nSPS) is 20.9. The molecule has 1 atom stereocenters. The van der Waals surface area contributed by atoms with E-state index >= 15 is 0 Å². The molecule has 36 heavy (non-hydrogen) atoms. The molecule has 2 aliphatic rings. The van der Waals surface area contributed by atoms with Gasteiger partial charge in [0.25, 0.3) is 0 Å². The molecule has 0 aromatic heterocycles. The minimum Gasteiger partial charge on any atom is -0.383 e. The van der Waals surface area contributed by atoms with Crippen molar-refractivity contribution in [2.24, 2.45) is 0 Å². The van der Waals surface area contributed by atoms with Crippen LogP contribution in [0.25, 0.3) is 0 Å². The van der Waals surface area contributed by atoms with Gasteiger partial charge < -0.3 is 19.9 Å². The van der Waals surface area contributed by atoms with Crippen molar-refractivity contribution in [3.05, 3.63) is 95.7 Å². The van der Waals surface area contributed by atoms with E-state index in [1.54, 1.807) is 7.11 Å². The number of allylic oxidation sites excluding steroid dienone is 5. The van der Waals surface area contributed by atoms with Gasteiger partial charge in [0.1, 0.15) is 0 Å². The lowest BCUT2D eigenvalue weighted by Crippen LogP contribution is -2.45. The topological polar surface area (TPSA) is 44.8 Å². The number of nitrogens with zero attached hydrogens (tertiary/aromatic N) is 2. The summed E-state index contributed by atoms with van der Waals surface area (Å²) >= 11 is 0. The molecule has 0 fully saturated rings. The molecular weight excluding hydrogens is 446 g/mol. The summed E-state index contributed by atoms with van der Waals surface area (Å²) in [5, 5.41) is 2.96. The Morgan fingerprint density at radius 2 is 1.64 bits per heavy atom. The Hall–Kier alpha value is -3.31. The Morgan fingerprint density at radius 1 is 0.972 bits per heavy atom. The molecule has 2 heterocycles. The summed E-state index contributed by atoms with van der Waals surface area (Å²) in [6, 6.07) is 17.1. The fourth-order valence-electron chi connectivity index (χ4n) is 5.68. The van der Waals surface area contributed by atoms with Gasteiger partial charge in [0.05, 0.1) is 19.2 Å². The number of nitrogens with one attached hydrogen (secondary N) is 1. The highest BCUT2D eigenvalue weighted by Gasteiger charge is 2.43. The number of fused-ring (bicyclic) bond motifs is 2. The minimum absolute atomic E-state index is 0.00398. The maximum Gasteiger partial charge on any atom is 0.239 e. The van der Waals surface area contributed by atoms with Crippen molar-refractivity contribution in [2.45, 2.75) is 44.6 Å². The number of carbonyl (C=O) groups excluding carboxylic acids is 1. The molecule has 0 saturated heterocycles. The van der Waals surface area contributed by atoms with Crippen LogP contribution in [0.4, 0.5) is 11.4 Å². The van der Waals surface area contributed by atoms with Crippen LogP contribution >= 0.6 is 0 Å². The van der Waals surface area contributed by atoms with Crippen LogP contribution in [0.15, 0.2) is 84.6 Å². The van der Waals surface area contributed by atoms with Gasteiger partial charge in [0.15, 0.2) is 0 Å². The molecule has 4 rings (SSSR count). The average Bonchev–Trinajstić information content (AvgIpc) is 3.18. The lowest BCUT2D eigenvalue weighted by molar-refractivity contribution is -0.120. The number of methoxy groups -OCH3 is 1. The monoisotopic (exact) mass is 485 g/mol. The molecule has 5 heteroatoms. The van der Waals surface area contributed by atoms with Crippen LogP contribution < -0.4 is 15.1 Å². The highest BCUT2D eigenvalue weighted by Crippen LogP contribution is 2.47. The summed E-state index contributed by atoms with van der Waals surface area (Å²) in [7, 11) is 3.77. The summed E-state index contributed by atoms with van der Waals surface area (Å²) < 4.78 is 5.07. The number of hydrogen-bond donors (Lipinski definition) is 1. The fraction of sp³-hybridized carbons (Fsp3) is 0.387. The Labute approximate surface area is 216 Å². The van der Waals surface area contributed by atoms with E-state index in [2.05, 4.69) is 123 Å². The third-order valence-electron chi connectivity index (χ3n) is 7.64. The van der Waals surface area contributed by atoms with Gasteiger partial charge in [-0.3, -0.25) is 4.79 Å². The Morgan fingerprint density at radius 3 is 2.33 bits per heavy atom. The highest BCUT2D eigenvalue weighted by atomic mass is 16.5. The predicted molar refractivity (Wildman–Crippen MR) is 150 cm³/mol. The minimum atomic E-state index is -0.123. The number of carbonyl (C=O) groups is 1. The Balaban J connectivity index is 1.53. The van der Waals surface area contributed by atoms with Crippen molar-refractivity contribution in [3.8, 4) is 0 Å². The number of anilines is 2. The van der Waals surface area contributed by atoms with Crippen LogP contribution in [0, 0.1) is 0 Å². The zero-order chi connectivity index (χ0) is 25.9. The number of para-hydroxylation sites is 2. The van der Waals surface area contributed by atoms with Gasteiger partial charge in [-0.2, -0.15) is 0 Å². The van der Waals surface area contributed by atoms with E-state index in [9.17, 15) is 4.79 Å². The molecule has 1 N–H and O–H groups in total. The highest BCUT2D eigenvalue weighted by molar-refractivity contribution is 5.83. The lowest BCUT2D eigenvalue weighted by atomic mass is 9.80. The van der Waals surface area contributed by atoms with Crippen LogP contribution in [0.5, 0.6) is 0 Å². The third kappa shape index (κ3) is 4.72. The van der Waals surface area contributed by atoms with Crippen molar-refractivity contribution < 1.29 is 9.53 Å². The van der Waals surface area contributed by atoms with Crippen molar-refractivity contribution in [1.29, 1.82) is 0 Å². The van der Waals surface area contributed by atoms with Crippen molar-refractivity contribution in [2.75, 3.05) is 43.7 Å². The maximum atomic E-state index is 12.7. The number of amides is 1. The molecule has 2 aliphatic heterocycles. The van der Waals surface area contributed by atoms with E-state index in [0.717, 1.165) is 5.69 Å². The number of ether oxygens (including phenoxy) is 1. The quantitative estimate of drug-likeness (QED) is 0.405. The molecule has 0 saturated carbocycles. The Bertz CT molecular complexity index is 1190. The van der Waals surface area contributed by atoms with Gasteiger partial charge in [-0.15, -0.1) is 0 Å². The first-order chi connectivity index (χ1) is 17.2. The number of likely N-dealkylation sites (N-methyl/N-ethyl adjacent to an activating group) is 1. The van der Waals surface area contributed by atoms with Crippen molar-refractivity contribution >= 4 is 17.3 Å². The molecule has 2 aromatic carbocycles. The molecule has 1 unspecified atom stereocenters. The summed E-state index contributed by atoms with van der Waals surface area (Å²) in [6.07, 6.45) is 10.7. The van der Waals surface area contributed by atoms with E-state index in [-0.39, 0.29) is 22.8 Å². The zero-order valence-electron chi connectivity index (χ0n) is 22.4. The lowest BCUT2D eigenvalue weighted by Gasteiger charge is -2.32. The van der Waals surface area contributed by atoms with Crippen LogP contribution in [0.1, 0.15) is 38.8 Å².